The lowest BCUT2D eigenvalue weighted by Gasteiger charge is -2.25. The largest absolute Gasteiger partial charge is 0.321 e. The normalized spacial score (nSPS) is 14.2. The number of pyridine rings is 1. The van der Waals surface area contributed by atoms with E-state index in [1.54, 1.807) is 25.4 Å². The van der Waals surface area contributed by atoms with Gasteiger partial charge in [-0.1, -0.05) is 6.07 Å². The molecule has 0 aliphatic heterocycles. The van der Waals surface area contributed by atoms with E-state index in [0.29, 0.717) is 12.0 Å². The highest BCUT2D eigenvalue weighted by molar-refractivity contribution is 5.27. The predicted octanol–water partition coefficient (Wildman–Crippen LogP) is 2.78. The average Bonchev–Trinajstić information content (AvgIpc) is 2.28. The fraction of sp³-hybridized carbons (Fsp3) is 0.214. The predicted molar refractivity (Wildman–Crippen MR) is 65.8 cm³/mol. The van der Waals surface area contributed by atoms with Gasteiger partial charge in [-0.15, -0.1) is 0 Å². The lowest BCUT2D eigenvalue weighted by molar-refractivity contribution is 0.478. The van der Waals surface area contributed by atoms with Gasteiger partial charge in [0, 0.05) is 24.0 Å². The van der Waals surface area contributed by atoms with Crippen molar-refractivity contribution >= 4 is 0 Å². The van der Waals surface area contributed by atoms with Crippen LogP contribution in [0.2, 0.25) is 0 Å². The number of hydrogen-bond acceptors (Lipinski definition) is 2. The molecule has 0 aliphatic carbocycles. The zero-order chi connectivity index (χ0) is 13.2. The van der Waals surface area contributed by atoms with Crippen LogP contribution >= 0.6 is 0 Å². The molecule has 0 saturated heterocycles. The van der Waals surface area contributed by atoms with E-state index in [9.17, 15) is 8.78 Å². The second kappa shape index (κ2) is 4.82. The summed E-state index contributed by atoms with van der Waals surface area (Å²) in [4.78, 5) is 3.99. The molecular weight excluding hydrogens is 234 g/mol. The smallest absolute Gasteiger partial charge is 0.126 e. The Morgan fingerprint density at radius 1 is 1.22 bits per heavy atom. The molecule has 2 nitrogen and oxygen atoms in total. The third-order valence-electron chi connectivity index (χ3n) is 2.82. The lowest BCUT2D eigenvalue weighted by Crippen LogP contribution is -2.35. The Balaban J connectivity index is 2.30. The van der Waals surface area contributed by atoms with Crippen molar-refractivity contribution in [3.8, 4) is 0 Å². The van der Waals surface area contributed by atoms with Crippen molar-refractivity contribution in [3.05, 3.63) is 65.5 Å². The van der Waals surface area contributed by atoms with E-state index in [1.807, 2.05) is 6.07 Å². The highest BCUT2D eigenvalue weighted by atomic mass is 19.1. The van der Waals surface area contributed by atoms with Gasteiger partial charge in [-0.2, -0.15) is 0 Å². The van der Waals surface area contributed by atoms with E-state index in [4.69, 9.17) is 5.73 Å². The number of halogens is 2. The fourth-order valence-corrected chi connectivity index (χ4v) is 1.91. The van der Waals surface area contributed by atoms with Crippen LogP contribution in [0.4, 0.5) is 8.78 Å². The molecule has 0 bridgehead atoms. The molecule has 1 heterocycles. The SMILES string of the molecule is CC(N)(Cc1cccnc1)c1cc(F)cc(F)c1. The molecule has 0 aliphatic rings. The molecule has 1 atom stereocenters. The Kier molecular flexibility index (Phi) is 3.39. The van der Waals surface area contributed by atoms with Crippen molar-refractivity contribution in [3.63, 3.8) is 0 Å². The minimum Gasteiger partial charge on any atom is -0.321 e. The Labute approximate surface area is 104 Å². The van der Waals surface area contributed by atoms with Crippen LogP contribution in [0.5, 0.6) is 0 Å². The molecule has 0 spiro atoms. The number of hydrogen-bond donors (Lipinski definition) is 1. The summed E-state index contributed by atoms with van der Waals surface area (Å²) < 4.78 is 26.4. The van der Waals surface area contributed by atoms with Gasteiger partial charge in [0.15, 0.2) is 0 Å². The highest BCUT2D eigenvalue weighted by Gasteiger charge is 2.23. The number of benzene rings is 1. The molecule has 2 rings (SSSR count). The molecular formula is C14H14F2N2. The third kappa shape index (κ3) is 2.90. The van der Waals surface area contributed by atoms with Gasteiger partial charge in [0.2, 0.25) is 0 Å². The van der Waals surface area contributed by atoms with Crippen molar-refractivity contribution in [2.45, 2.75) is 18.9 Å². The second-order valence-electron chi connectivity index (χ2n) is 4.61. The van der Waals surface area contributed by atoms with Crippen LogP contribution in [-0.2, 0) is 12.0 Å². The first kappa shape index (κ1) is 12.6. The molecule has 1 aromatic heterocycles. The molecule has 2 aromatic rings. The first-order valence-corrected chi connectivity index (χ1v) is 5.62. The summed E-state index contributed by atoms with van der Waals surface area (Å²) in [6.45, 7) is 1.74. The zero-order valence-corrected chi connectivity index (χ0v) is 10.0. The summed E-state index contributed by atoms with van der Waals surface area (Å²) in [6, 6.07) is 7.05. The third-order valence-corrected chi connectivity index (χ3v) is 2.82. The molecule has 94 valence electrons. The van der Waals surface area contributed by atoms with Crippen LogP contribution in [0.3, 0.4) is 0 Å². The number of rotatable bonds is 3. The molecule has 18 heavy (non-hydrogen) atoms. The second-order valence-corrected chi connectivity index (χ2v) is 4.61. The maximum Gasteiger partial charge on any atom is 0.126 e. The van der Waals surface area contributed by atoms with Gasteiger partial charge in [-0.3, -0.25) is 4.98 Å². The van der Waals surface area contributed by atoms with E-state index in [2.05, 4.69) is 4.98 Å². The van der Waals surface area contributed by atoms with Crippen LogP contribution in [-0.4, -0.2) is 4.98 Å². The Bertz CT molecular complexity index is 518. The first-order valence-electron chi connectivity index (χ1n) is 5.62. The zero-order valence-electron chi connectivity index (χ0n) is 10.0. The number of nitrogens with zero attached hydrogens (tertiary/aromatic N) is 1. The van der Waals surface area contributed by atoms with Crippen LogP contribution in [0.1, 0.15) is 18.1 Å². The van der Waals surface area contributed by atoms with Gasteiger partial charge in [0.1, 0.15) is 11.6 Å². The molecule has 4 heteroatoms. The standard InChI is InChI=1S/C14H14F2N2/c1-14(17,8-10-3-2-4-18-9-10)11-5-12(15)7-13(16)6-11/h2-7,9H,8,17H2,1H3. The minimum absolute atomic E-state index is 0.434. The molecule has 0 fully saturated rings. The van der Waals surface area contributed by atoms with E-state index in [1.165, 1.54) is 12.1 Å². The Morgan fingerprint density at radius 3 is 2.44 bits per heavy atom. The maximum absolute atomic E-state index is 13.2. The average molecular weight is 248 g/mol. The minimum atomic E-state index is -0.841. The fourth-order valence-electron chi connectivity index (χ4n) is 1.91. The van der Waals surface area contributed by atoms with Crippen LogP contribution in [0, 0.1) is 11.6 Å². The van der Waals surface area contributed by atoms with Crippen molar-refractivity contribution in [2.24, 2.45) is 5.73 Å². The summed E-state index contributed by atoms with van der Waals surface area (Å²) >= 11 is 0. The highest BCUT2D eigenvalue weighted by Crippen LogP contribution is 2.24. The summed E-state index contributed by atoms with van der Waals surface area (Å²) in [7, 11) is 0. The lowest BCUT2D eigenvalue weighted by atomic mass is 9.87. The Morgan fingerprint density at radius 2 is 1.89 bits per heavy atom. The van der Waals surface area contributed by atoms with Gasteiger partial charge in [-0.05, 0) is 42.7 Å². The van der Waals surface area contributed by atoms with Crippen LogP contribution in [0.25, 0.3) is 0 Å². The van der Waals surface area contributed by atoms with Gasteiger partial charge in [0.05, 0.1) is 0 Å². The van der Waals surface area contributed by atoms with E-state index >= 15 is 0 Å². The van der Waals surface area contributed by atoms with Gasteiger partial charge in [0.25, 0.3) is 0 Å². The molecule has 1 unspecified atom stereocenters. The molecule has 0 amide bonds. The molecule has 2 N–H and O–H groups in total. The summed E-state index contributed by atoms with van der Waals surface area (Å²) in [5, 5.41) is 0. The van der Waals surface area contributed by atoms with Crippen molar-refractivity contribution in [2.75, 3.05) is 0 Å². The molecule has 0 saturated carbocycles. The number of aromatic nitrogens is 1. The van der Waals surface area contributed by atoms with E-state index < -0.39 is 17.2 Å². The van der Waals surface area contributed by atoms with Crippen LogP contribution in [0.15, 0.2) is 42.7 Å². The van der Waals surface area contributed by atoms with Crippen molar-refractivity contribution in [1.82, 2.24) is 4.98 Å². The molecule has 1 aromatic carbocycles. The topological polar surface area (TPSA) is 38.9 Å². The van der Waals surface area contributed by atoms with E-state index in [-0.39, 0.29) is 0 Å². The summed E-state index contributed by atoms with van der Waals surface area (Å²) in [6.07, 6.45) is 3.82. The van der Waals surface area contributed by atoms with E-state index in [0.717, 1.165) is 11.6 Å². The van der Waals surface area contributed by atoms with Crippen molar-refractivity contribution in [1.29, 1.82) is 0 Å². The quantitative estimate of drug-likeness (QED) is 0.907. The van der Waals surface area contributed by atoms with Gasteiger partial charge < -0.3 is 5.73 Å². The van der Waals surface area contributed by atoms with Crippen molar-refractivity contribution < 1.29 is 8.78 Å². The Hall–Kier alpha value is -1.81. The monoisotopic (exact) mass is 248 g/mol. The molecule has 0 radical (unpaired) electrons. The van der Waals surface area contributed by atoms with Gasteiger partial charge in [-0.25, -0.2) is 8.78 Å². The first-order chi connectivity index (χ1) is 8.47. The number of nitrogens with two attached hydrogens (primary N) is 1. The summed E-state index contributed by atoms with van der Waals surface area (Å²) in [5.74, 6) is -1.24. The van der Waals surface area contributed by atoms with Gasteiger partial charge >= 0.3 is 0 Å². The maximum atomic E-state index is 13.2. The van der Waals surface area contributed by atoms with Crippen LogP contribution < -0.4 is 5.73 Å². The summed E-state index contributed by atoms with van der Waals surface area (Å²) in [5.41, 5.74) is 6.66.